The number of hydrogen-bond acceptors (Lipinski definition) is 2. The molecule has 0 aromatic carbocycles. The Morgan fingerprint density at radius 1 is 1.17 bits per heavy atom. The second kappa shape index (κ2) is 2.43. The molecule has 4 nitrogen and oxygen atoms in total. The minimum Gasteiger partial charge on any atom is -0.0149 e. The molecule has 0 radical (unpaired) electrons. The van der Waals surface area contributed by atoms with Crippen molar-refractivity contribution in [3.63, 3.8) is 0 Å². The monoisotopic (exact) mass is 178 g/mol. The van der Waals surface area contributed by atoms with E-state index >= 15 is 0 Å². The zero-order valence-corrected chi connectivity index (χ0v) is 3.83. The summed E-state index contributed by atoms with van der Waals surface area (Å²) in [6.45, 7) is 0. The molecule has 0 saturated heterocycles. The molecule has 0 aliphatic carbocycles. The number of hydrogen-bond donors (Lipinski definition) is 2. The average molecular weight is 177 g/mol. The van der Waals surface area contributed by atoms with Crippen molar-refractivity contribution in [1.82, 2.24) is 0 Å². The fourth-order valence-corrected chi connectivity index (χ4v) is 0. The first-order chi connectivity index (χ1) is 2.00. The SMILES string of the molecule is O=[Se](=O)(O)O.[SiH4]. The summed E-state index contributed by atoms with van der Waals surface area (Å²) in [5.41, 5.74) is 0. The largest absolute Gasteiger partial charge is 0.0149 e. The van der Waals surface area contributed by atoms with Gasteiger partial charge in [0.05, 0.1) is 0 Å². The molecule has 40 valence electrons. The molecule has 0 spiro atoms. The Morgan fingerprint density at radius 2 is 1.17 bits per heavy atom. The molecule has 0 aromatic rings. The van der Waals surface area contributed by atoms with E-state index in [1.807, 2.05) is 0 Å². The van der Waals surface area contributed by atoms with Gasteiger partial charge in [0.2, 0.25) is 0 Å². The van der Waals surface area contributed by atoms with E-state index in [0.29, 0.717) is 0 Å². The molecule has 0 saturated carbocycles. The second-order valence-electron chi connectivity index (χ2n) is 0.448. The third-order valence-corrected chi connectivity index (χ3v) is 0. The molecule has 0 amide bonds. The Bertz CT molecular complexity index is 90.7. The van der Waals surface area contributed by atoms with Crippen LogP contribution < -0.4 is 0 Å². The van der Waals surface area contributed by atoms with Crippen LogP contribution in [0, 0.1) is 0 Å². The van der Waals surface area contributed by atoms with Crippen LogP contribution in [0.3, 0.4) is 0 Å². The molecule has 0 unspecified atom stereocenters. The maximum absolute atomic E-state index is 8.82. The summed E-state index contributed by atoms with van der Waals surface area (Å²) in [6, 6.07) is 0. The Morgan fingerprint density at radius 3 is 1.17 bits per heavy atom. The van der Waals surface area contributed by atoms with E-state index in [9.17, 15) is 0 Å². The van der Waals surface area contributed by atoms with Crippen molar-refractivity contribution >= 4 is 24.3 Å². The van der Waals surface area contributed by atoms with Crippen LogP contribution in [0.5, 0.6) is 0 Å². The minimum absolute atomic E-state index is 0. The van der Waals surface area contributed by atoms with Gasteiger partial charge in [0.15, 0.2) is 0 Å². The Labute approximate surface area is 41.1 Å². The maximum atomic E-state index is 8.82. The summed E-state index contributed by atoms with van der Waals surface area (Å²) in [4.78, 5) is 0. The van der Waals surface area contributed by atoms with Gasteiger partial charge in [0.25, 0.3) is 0 Å². The van der Waals surface area contributed by atoms with Crippen molar-refractivity contribution in [2.45, 2.75) is 0 Å². The van der Waals surface area contributed by atoms with E-state index in [4.69, 9.17) is 16.0 Å². The molecule has 0 heterocycles. The quantitative estimate of drug-likeness (QED) is 0.382. The van der Waals surface area contributed by atoms with E-state index in [0.717, 1.165) is 0 Å². The van der Waals surface area contributed by atoms with Crippen molar-refractivity contribution in [2.75, 3.05) is 0 Å². The number of rotatable bonds is 0. The van der Waals surface area contributed by atoms with Crippen LogP contribution in [0.4, 0.5) is 0 Å². The fourth-order valence-electron chi connectivity index (χ4n) is 0. The third kappa shape index (κ3) is 687. The van der Waals surface area contributed by atoms with Crippen molar-refractivity contribution < 1.29 is 16.0 Å². The summed E-state index contributed by atoms with van der Waals surface area (Å²) >= 11 is -5.25. The standard InChI is InChI=1S/H2O4Se.H4Si/c1-5(2,3)4;/h(H2,1,2,3,4);1H4. The van der Waals surface area contributed by atoms with Crippen LogP contribution in [-0.4, -0.2) is 32.7 Å². The van der Waals surface area contributed by atoms with Gasteiger partial charge in [-0.15, -0.1) is 0 Å². The van der Waals surface area contributed by atoms with Crippen LogP contribution in [0.1, 0.15) is 0 Å². The Balaban J connectivity index is 0. The summed E-state index contributed by atoms with van der Waals surface area (Å²) < 4.78 is 31.9. The minimum atomic E-state index is -5.25. The molecule has 0 aromatic heterocycles. The summed E-state index contributed by atoms with van der Waals surface area (Å²) in [5, 5.41) is 0. The van der Waals surface area contributed by atoms with Crippen molar-refractivity contribution in [2.24, 2.45) is 0 Å². The molecule has 6 heavy (non-hydrogen) atoms. The predicted molar refractivity (Wildman–Crippen MR) is 22.9 cm³/mol. The molecule has 6 heteroatoms. The van der Waals surface area contributed by atoms with Gasteiger partial charge in [0.1, 0.15) is 0 Å². The van der Waals surface area contributed by atoms with Gasteiger partial charge in [0, 0.05) is 0 Å². The summed E-state index contributed by atoms with van der Waals surface area (Å²) in [5.74, 6) is 0. The van der Waals surface area contributed by atoms with Gasteiger partial charge >= 0.3 is 29.4 Å². The molecule has 2 N–H and O–H groups in total. The zero-order valence-electron chi connectivity index (χ0n) is 2.12. The van der Waals surface area contributed by atoms with Crippen LogP contribution in [0.2, 0.25) is 0 Å². The van der Waals surface area contributed by atoms with Gasteiger partial charge in [-0.1, -0.05) is 0 Å². The molecule has 0 rings (SSSR count). The van der Waals surface area contributed by atoms with Crippen LogP contribution >= 0.6 is 0 Å². The molecule has 0 aliphatic rings. The van der Waals surface area contributed by atoms with E-state index in [-0.39, 0.29) is 11.0 Å². The Hall–Kier alpha value is 0.256. The predicted octanol–water partition coefficient (Wildman–Crippen LogP) is -3.18. The molecular weight excluding hydrogens is 171 g/mol. The first-order valence-corrected chi connectivity index (χ1v) is 3.63. The van der Waals surface area contributed by atoms with Crippen molar-refractivity contribution in [3.8, 4) is 0 Å². The fraction of sp³-hybridized carbons (Fsp3) is 0. The van der Waals surface area contributed by atoms with Crippen LogP contribution in [-0.2, 0) is 7.67 Å². The van der Waals surface area contributed by atoms with Crippen LogP contribution in [0.25, 0.3) is 0 Å². The van der Waals surface area contributed by atoms with Gasteiger partial charge in [-0.05, 0) is 11.0 Å². The maximum Gasteiger partial charge on any atom is -0.0149 e. The van der Waals surface area contributed by atoms with Crippen molar-refractivity contribution in [3.05, 3.63) is 0 Å². The second-order valence-corrected chi connectivity index (χ2v) is 2.33. The molecule has 0 bridgehead atoms. The van der Waals surface area contributed by atoms with Gasteiger partial charge in [-0.3, -0.25) is 0 Å². The van der Waals surface area contributed by atoms with E-state index in [1.54, 1.807) is 0 Å². The molecular formula is H6O4SeSi. The normalized spacial score (nSPS) is 9.67. The zero-order chi connectivity index (χ0) is 4.50. The molecule has 0 atom stereocenters. The van der Waals surface area contributed by atoms with E-state index < -0.39 is 13.4 Å². The smallest absolute Gasteiger partial charge is 0.0149 e. The Kier molecular flexibility index (Phi) is 3.87. The van der Waals surface area contributed by atoms with Gasteiger partial charge < -0.3 is 0 Å². The third-order valence-electron chi connectivity index (χ3n) is 0. The first-order valence-electron chi connectivity index (χ1n) is 0.698. The summed E-state index contributed by atoms with van der Waals surface area (Å²) in [7, 11) is 0. The topological polar surface area (TPSA) is 74.6 Å². The van der Waals surface area contributed by atoms with E-state index in [1.165, 1.54) is 0 Å². The summed E-state index contributed by atoms with van der Waals surface area (Å²) in [6.07, 6.45) is 0. The van der Waals surface area contributed by atoms with Gasteiger partial charge in [-0.25, -0.2) is 0 Å². The van der Waals surface area contributed by atoms with E-state index in [2.05, 4.69) is 0 Å². The van der Waals surface area contributed by atoms with Crippen LogP contribution in [0.15, 0.2) is 0 Å². The molecule has 0 fully saturated rings. The van der Waals surface area contributed by atoms with Gasteiger partial charge in [-0.2, -0.15) is 0 Å². The average Bonchev–Trinajstić information content (AvgIpc) is 0.722. The molecule has 0 aliphatic heterocycles. The first kappa shape index (κ1) is 9.54. The van der Waals surface area contributed by atoms with Crippen molar-refractivity contribution in [1.29, 1.82) is 0 Å².